The Bertz CT molecular complexity index is 365. The van der Waals surface area contributed by atoms with Crippen molar-refractivity contribution in [1.29, 1.82) is 0 Å². The number of fused-ring (bicyclic) bond motifs is 1. The third-order valence-corrected chi connectivity index (χ3v) is 2.38. The molecule has 0 saturated heterocycles. The van der Waals surface area contributed by atoms with E-state index in [4.69, 9.17) is 4.74 Å². The summed E-state index contributed by atoms with van der Waals surface area (Å²) in [4.78, 5) is 15.7. The second-order valence-corrected chi connectivity index (χ2v) is 3.44. The van der Waals surface area contributed by atoms with Crippen LogP contribution in [0, 0.1) is 0 Å². The maximum absolute atomic E-state index is 11.6. The van der Waals surface area contributed by atoms with Crippen molar-refractivity contribution in [2.75, 3.05) is 0 Å². The average molecular weight is 192 g/mol. The van der Waals surface area contributed by atoms with Crippen molar-refractivity contribution in [1.82, 2.24) is 10.3 Å². The molecule has 0 radical (unpaired) electrons. The van der Waals surface area contributed by atoms with Gasteiger partial charge in [0, 0.05) is 6.20 Å². The molecule has 1 aliphatic rings. The van der Waals surface area contributed by atoms with E-state index in [9.17, 15) is 4.79 Å². The highest BCUT2D eigenvalue weighted by Crippen LogP contribution is 2.19. The Hall–Kier alpha value is -1.58. The number of amides is 1. The topological polar surface area (TPSA) is 51.2 Å². The van der Waals surface area contributed by atoms with Gasteiger partial charge in [0.1, 0.15) is 11.7 Å². The molecule has 1 aromatic rings. The Kier molecular flexibility index (Phi) is 2.11. The smallest absolute Gasteiger partial charge is 0.257 e. The van der Waals surface area contributed by atoms with Gasteiger partial charge in [0.05, 0.1) is 6.04 Å². The molecule has 2 atom stereocenters. The summed E-state index contributed by atoms with van der Waals surface area (Å²) in [7, 11) is 0. The first-order valence-corrected chi connectivity index (χ1v) is 4.61. The largest absolute Gasteiger partial charge is 0.472 e. The highest BCUT2D eigenvalue weighted by atomic mass is 16.5. The Morgan fingerprint density at radius 1 is 1.50 bits per heavy atom. The van der Waals surface area contributed by atoms with Gasteiger partial charge in [0.15, 0.2) is 0 Å². The molecule has 2 heterocycles. The van der Waals surface area contributed by atoms with Crippen LogP contribution in [-0.4, -0.2) is 23.0 Å². The van der Waals surface area contributed by atoms with Gasteiger partial charge in [-0.25, -0.2) is 4.98 Å². The fourth-order valence-corrected chi connectivity index (χ4v) is 1.34. The maximum Gasteiger partial charge on any atom is 0.257 e. The molecule has 0 bridgehead atoms. The van der Waals surface area contributed by atoms with E-state index < -0.39 is 0 Å². The lowest BCUT2D eigenvalue weighted by molar-refractivity contribution is 0.0928. The SMILES string of the molecule is CC1NC(=O)c2cccnc2OC1C. The van der Waals surface area contributed by atoms with Gasteiger partial charge >= 0.3 is 0 Å². The summed E-state index contributed by atoms with van der Waals surface area (Å²) in [5.41, 5.74) is 0.503. The van der Waals surface area contributed by atoms with Crippen LogP contribution in [0.25, 0.3) is 0 Å². The number of hydrogen-bond donors (Lipinski definition) is 1. The van der Waals surface area contributed by atoms with E-state index in [1.54, 1.807) is 18.3 Å². The molecular formula is C10H12N2O2. The first-order chi connectivity index (χ1) is 6.68. The van der Waals surface area contributed by atoms with Gasteiger partial charge in [-0.05, 0) is 26.0 Å². The molecule has 74 valence electrons. The van der Waals surface area contributed by atoms with E-state index in [-0.39, 0.29) is 18.1 Å². The lowest BCUT2D eigenvalue weighted by Gasteiger charge is -2.17. The van der Waals surface area contributed by atoms with Gasteiger partial charge in [-0.1, -0.05) is 0 Å². The molecule has 4 nitrogen and oxygen atoms in total. The molecule has 0 saturated carbocycles. The fraction of sp³-hybridized carbons (Fsp3) is 0.400. The van der Waals surface area contributed by atoms with Gasteiger partial charge < -0.3 is 10.1 Å². The standard InChI is InChI=1S/C10H12N2O2/c1-6-7(2)14-10-8(9(13)12-6)4-3-5-11-10/h3-7H,1-2H3,(H,12,13). The summed E-state index contributed by atoms with van der Waals surface area (Å²) in [6.07, 6.45) is 1.56. The molecule has 1 aliphatic heterocycles. The molecule has 0 fully saturated rings. The Labute approximate surface area is 82.3 Å². The Morgan fingerprint density at radius 2 is 2.29 bits per heavy atom. The third kappa shape index (κ3) is 1.43. The van der Waals surface area contributed by atoms with Crippen LogP contribution >= 0.6 is 0 Å². The second-order valence-electron chi connectivity index (χ2n) is 3.44. The molecule has 4 heteroatoms. The minimum Gasteiger partial charge on any atom is -0.472 e. The van der Waals surface area contributed by atoms with Crippen molar-refractivity contribution in [2.24, 2.45) is 0 Å². The molecule has 1 N–H and O–H groups in total. The molecule has 2 rings (SSSR count). The number of carbonyl (C=O) groups excluding carboxylic acids is 1. The molecular weight excluding hydrogens is 180 g/mol. The van der Waals surface area contributed by atoms with Crippen molar-refractivity contribution in [3.05, 3.63) is 23.9 Å². The number of carbonyl (C=O) groups is 1. The molecule has 14 heavy (non-hydrogen) atoms. The highest BCUT2D eigenvalue weighted by molar-refractivity contribution is 5.96. The van der Waals surface area contributed by atoms with E-state index in [1.165, 1.54) is 0 Å². The van der Waals surface area contributed by atoms with Crippen LogP contribution in [0.5, 0.6) is 5.88 Å². The first kappa shape index (κ1) is 8.99. The number of nitrogens with zero attached hydrogens (tertiary/aromatic N) is 1. The molecule has 0 spiro atoms. The summed E-state index contributed by atoms with van der Waals surface area (Å²) < 4.78 is 5.54. The number of nitrogens with one attached hydrogen (secondary N) is 1. The summed E-state index contributed by atoms with van der Waals surface area (Å²) in [6, 6.07) is 3.43. The summed E-state index contributed by atoms with van der Waals surface area (Å²) >= 11 is 0. The number of pyridine rings is 1. The number of hydrogen-bond acceptors (Lipinski definition) is 3. The highest BCUT2D eigenvalue weighted by Gasteiger charge is 2.25. The Balaban J connectivity index is 2.43. The number of rotatable bonds is 0. The van der Waals surface area contributed by atoms with E-state index in [0.717, 1.165) is 0 Å². The van der Waals surface area contributed by atoms with Crippen LogP contribution in [-0.2, 0) is 0 Å². The van der Waals surface area contributed by atoms with Crippen molar-refractivity contribution < 1.29 is 9.53 Å². The van der Waals surface area contributed by atoms with Gasteiger partial charge in [-0.2, -0.15) is 0 Å². The zero-order valence-corrected chi connectivity index (χ0v) is 8.15. The lowest BCUT2D eigenvalue weighted by atomic mass is 10.2. The molecule has 1 amide bonds. The zero-order chi connectivity index (χ0) is 10.1. The minimum atomic E-state index is -0.120. The molecule has 0 aromatic carbocycles. The molecule has 0 aliphatic carbocycles. The molecule has 1 aromatic heterocycles. The quantitative estimate of drug-likeness (QED) is 0.666. The van der Waals surface area contributed by atoms with Crippen molar-refractivity contribution >= 4 is 5.91 Å². The lowest BCUT2D eigenvalue weighted by Crippen LogP contribution is -2.39. The van der Waals surface area contributed by atoms with Crippen LogP contribution in [0.2, 0.25) is 0 Å². The maximum atomic E-state index is 11.6. The summed E-state index contributed by atoms with van der Waals surface area (Å²) in [6.45, 7) is 3.82. The van der Waals surface area contributed by atoms with Gasteiger partial charge in [0.25, 0.3) is 5.91 Å². The van der Waals surface area contributed by atoms with Gasteiger partial charge in [-0.15, -0.1) is 0 Å². The number of aromatic nitrogens is 1. The van der Waals surface area contributed by atoms with Crippen molar-refractivity contribution in [2.45, 2.75) is 26.0 Å². The third-order valence-electron chi connectivity index (χ3n) is 2.38. The monoisotopic (exact) mass is 192 g/mol. The molecule has 2 unspecified atom stereocenters. The van der Waals surface area contributed by atoms with Crippen LogP contribution in [0.15, 0.2) is 18.3 Å². The van der Waals surface area contributed by atoms with E-state index in [2.05, 4.69) is 10.3 Å². The first-order valence-electron chi connectivity index (χ1n) is 4.61. The van der Waals surface area contributed by atoms with E-state index in [1.807, 2.05) is 13.8 Å². The van der Waals surface area contributed by atoms with E-state index in [0.29, 0.717) is 11.4 Å². The summed E-state index contributed by atoms with van der Waals surface area (Å²) in [5.74, 6) is 0.298. The van der Waals surface area contributed by atoms with E-state index >= 15 is 0 Å². The normalized spacial score (nSPS) is 25.7. The van der Waals surface area contributed by atoms with Crippen LogP contribution < -0.4 is 10.1 Å². The number of ether oxygens (including phenoxy) is 1. The Morgan fingerprint density at radius 3 is 3.07 bits per heavy atom. The van der Waals surface area contributed by atoms with Gasteiger partial charge in [0.2, 0.25) is 5.88 Å². The van der Waals surface area contributed by atoms with Crippen LogP contribution in [0.1, 0.15) is 24.2 Å². The predicted molar refractivity (Wildman–Crippen MR) is 51.3 cm³/mol. The summed E-state index contributed by atoms with van der Waals surface area (Å²) in [5, 5.41) is 2.84. The van der Waals surface area contributed by atoms with Crippen molar-refractivity contribution in [3.8, 4) is 5.88 Å². The fourth-order valence-electron chi connectivity index (χ4n) is 1.34. The predicted octanol–water partition coefficient (Wildman–Crippen LogP) is 0.981. The average Bonchev–Trinajstić information content (AvgIpc) is 2.27. The van der Waals surface area contributed by atoms with Crippen LogP contribution in [0.3, 0.4) is 0 Å². The van der Waals surface area contributed by atoms with Crippen LogP contribution in [0.4, 0.5) is 0 Å². The zero-order valence-electron chi connectivity index (χ0n) is 8.15. The second kappa shape index (κ2) is 3.29. The van der Waals surface area contributed by atoms with Gasteiger partial charge in [-0.3, -0.25) is 4.79 Å². The van der Waals surface area contributed by atoms with Crippen molar-refractivity contribution in [3.63, 3.8) is 0 Å². The minimum absolute atomic E-state index is 0.00306.